The molecule has 148 valence electrons. The molecule has 0 spiro atoms. The van der Waals surface area contributed by atoms with Crippen molar-refractivity contribution in [2.24, 2.45) is 0 Å². The van der Waals surface area contributed by atoms with Crippen molar-refractivity contribution in [2.45, 2.75) is 24.8 Å². The van der Waals surface area contributed by atoms with E-state index in [4.69, 9.17) is 4.74 Å². The van der Waals surface area contributed by atoms with Crippen molar-refractivity contribution >= 4 is 6.09 Å². The van der Waals surface area contributed by atoms with E-state index < -0.39 is 6.09 Å². The molecule has 4 nitrogen and oxygen atoms in total. The molecule has 1 atom stereocenters. The Balaban J connectivity index is 1.35. The minimum atomic E-state index is -0.487. The Kier molecular flexibility index (Phi) is 5.92. The summed E-state index contributed by atoms with van der Waals surface area (Å²) in [4.78, 5) is 12.4. The van der Waals surface area contributed by atoms with E-state index in [0.717, 1.165) is 6.42 Å². The maximum atomic E-state index is 12.4. The number of hydrogen-bond acceptors (Lipinski definition) is 3. The summed E-state index contributed by atoms with van der Waals surface area (Å²) in [5.41, 5.74) is 5.95. The summed E-state index contributed by atoms with van der Waals surface area (Å²) in [5.74, 6) is 0.0324. The maximum absolute atomic E-state index is 12.4. The van der Waals surface area contributed by atoms with Gasteiger partial charge in [-0.2, -0.15) is 0 Å². The molecule has 4 heteroatoms. The van der Waals surface area contributed by atoms with Crippen LogP contribution in [0.15, 0.2) is 78.9 Å². The summed E-state index contributed by atoms with van der Waals surface area (Å²) in [6.45, 7) is 0.160. The van der Waals surface area contributed by atoms with Gasteiger partial charge in [-0.15, -0.1) is 0 Å². The van der Waals surface area contributed by atoms with Gasteiger partial charge in [-0.05, 0) is 40.7 Å². The van der Waals surface area contributed by atoms with Crippen LogP contribution in [0.1, 0.15) is 29.0 Å². The lowest BCUT2D eigenvalue weighted by Gasteiger charge is -2.18. The average Bonchev–Trinajstić information content (AvgIpc) is 3.09. The quantitative estimate of drug-likeness (QED) is 0.627. The van der Waals surface area contributed by atoms with Crippen LogP contribution in [0.5, 0.6) is 0 Å². The zero-order valence-electron chi connectivity index (χ0n) is 16.3. The van der Waals surface area contributed by atoms with Crippen LogP contribution >= 0.6 is 0 Å². The first-order chi connectivity index (χ1) is 14.3. The summed E-state index contributed by atoms with van der Waals surface area (Å²) in [7, 11) is 0. The van der Waals surface area contributed by atoms with Crippen molar-refractivity contribution in [3.8, 4) is 11.1 Å². The Labute approximate surface area is 171 Å². The van der Waals surface area contributed by atoms with Gasteiger partial charge in [-0.1, -0.05) is 78.9 Å². The fourth-order valence-electron chi connectivity index (χ4n) is 4.00. The first-order valence-corrected chi connectivity index (χ1v) is 10.0. The number of carbonyl (C=O) groups is 1. The number of nitrogens with one attached hydrogen (secondary N) is 1. The fourth-order valence-corrected chi connectivity index (χ4v) is 4.00. The van der Waals surface area contributed by atoms with Gasteiger partial charge >= 0.3 is 6.09 Å². The van der Waals surface area contributed by atoms with Crippen LogP contribution in [0, 0.1) is 0 Å². The highest BCUT2D eigenvalue weighted by Gasteiger charge is 2.29. The summed E-state index contributed by atoms with van der Waals surface area (Å²) in [6.07, 6.45) is 0.958. The molecule has 3 aromatic rings. The molecular formula is C25H25NO3. The number of carbonyl (C=O) groups excluding carboxylic acids is 1. The molecule has 4 rings (SSSR count). The van der Waals surface area contributed by atoms with Gasteiger partial charge < -0.3 is 15.2 Å². The van der Waals surface area contributed by atoms with E-state index in [2.05, 4.69) is 29.6 Å². The van der Waals surface area contributed by atoms with E-state index in [1.807, 2.05) is 54.6 Å². The van der Waals surface area contributed by atoms with E-state index in [1.165, 1.54) is 27.8 Å². The molecule has 0 aromatic heterocycles. The Hall–Kier alpha value is -3.11. The number of aliphatic hydroxyl groups is 1. The van der Waals surface area contributed by atoms with E-state index in [0.29, 0.717) is 6.42 Å². The number of rotatable bonds is 7. The Morgan fingerprint density at radius 1 is 0.897 bits per heavy atom. The lowest BCUT2D eigenvalue weighted by molar-refractivity contribution is 0.131. The van der Waals surface area contributed by atoms with E-state index in [1.54, 1.807) is 0 Å². The molecule has 0 bridgehead atoms. The molecule has 0 saturated carbocycles. The van der Waals surface area contributed by atoms with Crippen molar-refractivity contribution in [3.05, 3.63) is 95.6 Å². The van der Waals surface area contributed by atoms with E-state index in [9.17, 15) is 9.90 Å². The number of aryl methyl sites for hydroxylation is 1. The number of hydrogen-bond donors (Lipinski definition) is 2. The van der Waals surface area contributed by atoms with Crippen molar-refractivity contribution < 1.29 is 14.6 Å². The predicted octanol–water partition coefficient (Wildman–Crippen LogP) is 4.52. The maximum Gasteiger partial charge on any atom is 0.407 e. The number of alkyl carbamates (subject to hydrolysis) is 1. The van der Waals surface area contributed by atoms with Gasteiger partial charge in [0.25, 0.3) is 0 Å². The monoisotopic (exact) mass is 387 g/mol. The van der Waals surface area contributed by atoms with Crippen LogP contribution in [0.4, 0.5) is 4.79 Å². The molecule has 3 aromatic carbocycles. The van der Waals surface area contributed by atoms with Gasteiger partial charge in [0.1, 0.15) is 6.61 Å². The first kappa shape index (κ1) is 19.2. The van der Waals surface area contributed by atoms with Gasteiger partial charge in [0, 0.05) is 5.92 Å². The molecule has 0 heterocycles. The number of benzene rings is 3. The average molecular weight is 387 g/mol. The van der Waals surface area contributed by atoms with Crippen LogP contribution in [-0.2, 0) is 11.2 Å². The molecule has 0 radical (unpaired) electrons. The van der Waals surface area contributed by atoms with Crippen LogP contribution in [0.25, 0.3) is 11.1 Å². The number of amides is 1. The minimum absolute atomic E-state index is 0.0324. The third kappa shape index (κ3) is 4.33. The summed E-state index contributed by atoms with van der Waals surface area (Å²) in [5, 5.41) is 12.4. The Bertz CT molecular complexity index is 925. The lowest BCUT2D eigenvalue weighted by Crippen LogP contribution is -2.38. The highest BCUT2D eigenvalue weighted by Crippen LogP contribution is 2.44. The highest BCUT2D eigenvalue weighted by molar-refractivity contribution is 5.79. The molecular weight excluding hydrogens is 362 g/mol. The summed E-state index contributed by atoms with van der Waals surface area (Å²) in [6, 6.07) is 26.2. The third-order valence-corrected chi connectivity index (χ3v) is 5.51. The number of ether oxygens (including phenoxy) is 1. The van der Waals surface area contributed by atoms with Crippen LogP contribution in [0.3, 0.4) is 0 Å². The van der Waals surface area contributed by atoms with E-state index in [-0.39, 0.29) is 25.2 Å². The second kappa shape index (κ2) is 8.93. The van der Waals surface area contributed by atoms with Gasteiger partial charge in [-0.25, -0.2) is 4.79 Å². The van der Waals surface area contributed by atoms with Crippen molar-refractivity contribution in [1.29, 1.82) is 0 Å². The molecule has 1 amide bonds. The van der Waals surface area contributed by atoms with Crippen LogP contribution < -0.4 is 5.32 Å². The highest BCUT2D eigenvalue weighted by atomic mass is 16.5. The van der Waals surface area contributed by atoms with Gasteiger partial charge in [0.2, 0.25) is 0 Å². The van der Waals surface area contributed by atoms with Gasteiger partial charge in [0.05, 0.1) is 12.6 Å². The second-order valence-electron chi connectivity index (χ2n) is 7.37. The predicted molar refractivity (Wildman–Crippen MR) is 114 cm³/mol. The van der Waals surface area contributed by atoms with Crippen molar-refractivity contribution in [3.63, 3.8) is 0 Å². The van der Waals surface area contributed by atoms with E-state index >= 15 is 0 Å². The molecule has 0 aliphatic heterocycles. The summed E-state index contributed by atoms with van der Waals surface area (Å²) >= 11 is 0. The molecule has 0 unspecified atom stereocenters. The fraction of sp³-hybridized carbons (Fsp3) is 0.240. The lowest BCUT2D eigenvalue weighted by atomic mass is 9.98. The number of fused-ring (bicyclic) bond motifs is 3. The molecule has 1 aliphatic rings. The van der Waals surface area contributed by atoms with Crippen molar-refractivity contribution in [2.75, 3.05) is 13.2 Å². The zero-order valence-corrected chi connectivity index (χ0v) is 16.3. The molecule has 1 aliphatic carbocycles. The van der Waals surface area contributed by atoms with Crippen LogP contribution in [-0.4, -0.2) is 30.5 Å². The van der Waals surface area contributed by atoms with Gasteiger partial charge in [0.15, 0.2) is 0 Å². The Morgan fingerprint density at radius 3 is 2.10 bits per heavy atom. The molecule has 0 fully saturated rings. The molecule has 2 N–H and O–H groups in total. The van der Waals surface area contributed by atoms with Crippen LogP contribution in [0.2, 0.25) is 0 Å². The number of aliphatic hydroxyl groups excluding tert-OH is 1. The second-order valence-corrected chi connectivity index (χ2v) is 7.37. The first-order valence-electron chi connectivity index (χ1n) is 10.0. The standard InChI is InChI=1S/C25H25NO3/c27-16-19(15-14-18-8-2-1-3-9-18)26-25(28)29-17-24-22-12-6-4-10-20(22)21-11-5-7-13-23(21)24/h1-13,19,24,27H,14-17H2,(H,26,28)/t19-/m0/s1. The topological polar surface area (TPSA) is 58.6 Å². The third-order valence-electron chi connectivity index (χ3n) is 5.51. The smallest absolute Gasteiger partial charge is 0.407 e. The van der Waals surface area contributed by atoms with Gasteiger partial charge in [-0.3, -0.25) is 0 Å². The normalized spacial score (nSPS) is 13.4. The Morgan fingerprint density at radius 2 is 1.48 bits per heavy atom. The SMILES string of the molecule is O=C(N[C@H](CO)CCc1ccccc1)OCC1c2ccccc2-c2ccccc21. The minimum Gasteiger partial charge on any atom is -0.449 e. The largest absolute Gasteiger partial charge is 0.449 e. The van der Waals surface area contributed by atoms with Crippen molar-refractivity contribution in [1.82, 2.24) is 5.32 Å². The molecule has 0 saturated heterocycles. The summed E-state index contributed by atoms with van der Waals surface area (Å²) < 4.78 is 5.56. The molecule has 29 heavy (non-hydrogen) atoms. The zero-order chi connectivity index (χ0) is 20.1.